The van der Waals surface area contributed by atoms with Gasteiger partial charge in [-0.15, -0.1) is 0 Å². The smallest absolute Gasteiger partial charge is 0.318 e. The standard InChI is InChI=1S/C10H13FN2O5S/c1-18-8-2-3-9(11)7(4-8)5-12-19(16,17)13-6-10(14)15/h2-4,12-13H,5-6H2,1H3,(H,14,15). The molecule has 0 saturated carbocycles. The first-order valence-electron chi connectivity index (χ1n) is 5.12. The predicted octanol–water partition coefficient (Wildman–Crippen LogP) is -0.157. The lowest BCUT2D eigenvalue weighted by atomic mass is 10.2. The highest BCUT2D eigenvalue weighted by atomic mass is 32.2. The molecule has 0 aromatic heterocycles. The average Bonchev–Trinajstić information content (AvgIpc) is 2.36. The Hall–Kier alpha value is -1.71. The number of hydrogen-bond donors (Lipinski definition) is 3. The summed E-state index contributed by atoms with van der Waals surface area (Å²) in [6.45, 7) is -1.08. The van der Waals surface area contributed by atoms with Crippen molar-refractivity contribution in [2.24, 2.45) is 0 Å². The zero-order valence-electron chi connectivity index (χ0n) is 10.0. The molecule has 106 valence electrons. The van der Waals surface area contributed by atoms with Crippen LogP contribution >= 0.6 is 0 Å². The molecule has 0 fully saturated rings. The molecular weight excluding hydrogens is 279 g/mol. The van der Waals surface area contributed by atoms with Gasteiger partial charge in [0.1, 0.15) is 18.1 Å². The highest BCUT2D eigenvalue weighted by Crippen LogP contribution is 2.16. The van der Waals surface area contributed by atoms with Crippen LogP contribution in [0.1, 0.15) is 5.56 Å². The van der Waals surface area contributed by atoms with E-state index in [9.17, 15) is 17.6 Å². The van der Waals surface area contributed by atoms with E-state index < -0.39 is 28.5 Å². The van der Waals surface area contributed by atoms with Gasteiger partial charge in [0.15, 0.2) is 0 Å². The molecule has 0 aliphatic rings. The summed E-state index contributed by atoms with van der Waals surface area (Å²) in [5, 5.41) is 8.34. The highest BCUT2D eigenvalue weighted by molar-refractivity contribution is 7.87. The molecule has 9 heteroatoms. The van der Waals surface area contributed by atoms with Crippen LogP contribution in [-0.2, 0) is 21.5 Å². The first-order chi connectivity index (χ1) is 8.84. The lowest BCUT2D eigenvalue weighted by Crippen LogP contribution is -2.39. The second-order valence-electron chi connectivity index (χ2n) is 3.50. The van der Waals surface area contributed by atoms with Crippen molar-refractivity contribution in [3.63, 3.8) is 0 Å². The molecule has 0 amide bonds. The molecule has 0 spiro atoms. The molecule has 0 unspecified atom stereocenters. The van der Waals surface area contributed by atoms with Gasteiger partial charge in [-0.25, -0.2) is 4.39 Å². The maximum Gasteiger partial charge on any atom is 0.318 e. The van der Waals surface area contributed by atoms with E-state index in [0.29, 0.717) is 5.75 Å². The van der Waals surface area contributed by atoms with Crippen LogP contribution in [0.3, 0.4) is 0 Å². The van der Waals surface area contributed by atoms with E-state index in [2.05, 4.69) is 0 Å². The Kier molecular flexibility index (Phi) is 5.21. The molecule has 1 aromatic rings. The van der Waals surface area contributed by atoms with Crippen LogP contribution in [0.5, 0.6) is 5.75 Å². The SMILES string of the molecule is COc1ccc(F)c(CNS(=O)(=O)NCC(=O)O)c1. The first kappa shape index (κ1) is 15.3. The van der Waals surface area contributed by atoms with Crippen molar-refractivity contribution >= 4 is 16.2 Å². The Morgan fingerprint density at radius 3 is 2.68 bits per heavy atom. The van der Waals surface area contributed by atoms with Crippen LogP contribution in [0.4, 0.5) is 4.39 Å². The summed E-state index contributed by atoms with van der Waals surface area (Å²) in [6.07, 6.45) is 0. The van der Waals surface area contributed by atoms with Gasteiger partial charge in [-0.1, -0.05) is 0 Å². The lowest BCUT2D eigenvalue weighted by Gasteiger charge is -2.08. The van der Waals surface area contributed by atoms with Crippen LogP contribution in [0, 0.1) is 5.82 Å². The fourth-order valence-corrected chi connectivity index (χ4v) is 1.96. The lowest BCUT2D eigenvalue weighted by molar-refractivity contribution is -0.135. The van der Waals surface area contributed by atoms with Crippen molar-refractivity contribution in [2.75, 3.05) is 13.7 Å². The minimum absolute atomic E-state index is 0.0834. The Labute approximate surface area is 109 Å². The van der Waals surface area contributed by atoms with Crippen LogP contribution < -0.4 is 14.2 Å². The Morgan fingerprint density at radius 1 is 1.42 bits per heavy atom. The highest BCUT2D eigenvalue weighted by Gasteiger charge is 2.12. The van der Waals surface area contributed by atoms with Crippen molar-refractivity contribution in [3.8, 4) is 5.75 Å². The Bertz CT molecular complexity index is 561. The molecule has 0 saturated heterocycles. The number of rotatable bonds is 7. The van der Waals surface area contributed by atoms with Gasteiger partial charge in [0.25, 0.3) is 10.2 Å². The fraction of sp³-hybridized carbons (Fsp3) is 0.300. The van der Waals surface area contributed by atoms with E-state index in [4.69, 9.17) is 9.84 Å². The van der Waals surface area contributed by atoms with Gasteiger partial charge in [0.2, 0.25) is 0 Å². The second-order valence-corrected chi connectivity index (χ2v) is 5.08. The number of benzene rings is 1. The van der Waals surface area contributed by atoms with Gasteiger partial charge >= 0.3 is 5.97 Å². The van der Waals surface area contributed by atoms with Crippen LogP contribution in [0.15, 0.2) is 18.2 Å². The van der Waals surface area contributed by atoms with Crippen LogP contribution in [0.25, 0.3) is 0 Å². The van der Waals surface area contributed by atoms with E-state index in [0.717, 1.165) is 6.07 Å². The summed E-state index contributed by atoms with van der Waals surface area (Å²) < 4.78 is 44.8. The molecule has 0 aliphatic heterocycles. The predicted molar refractivity (Wildman–Crippen MR) is 64.4 cm³/mol. The first-order valence-corrected chi connectivity index (χ1v) is 6.61. The molecular formula is C10H13FN2O5S. The van der Waals surface area contributed by atoms with Gasteiger partial charge in [-0.05, 0) is 18.2 Å². The summed E-state index contributed by atoms with van der Waals surface area (Å²) in [5.74, 6) is -1.53. The van der Waals surface area contributed by atoms with Gasteiger partial charge in [0.05, 0.1) is 7.11 Å². The van der Waals surface area contributed by atoms with Gasteiger partial charge in [0, 0.05) is 12.1 Å². The average molecular weight is 292 g/mol. The number of hydrogen-bond acceptors (Lipinski definition) is 4. The number of ether oxygens (including phenoxy) is 1. The molecule has 0 aliphatic carbocycles. The molecule has 7 nitrogen and oxygen atoms in total. The van der Waals surface area contributed by atoms with Crippen LogP contribution in [0.2, 0.25) is 0 Å². The summed E-state index contributed by atoms with van der Waals surface area (Å²) in [5.41, 5.74) is 0.0834. The third-order valence-electron chi connectivity index (χ3n) is 2.12. The Balaban J connectivity index is 2.68. The van der Waals surface area contributed by atoms with E-state index >= 15 is 0 Å². The van der Waals surface area contributed by atoms with E-state index in [1.165, 1.54) is 19.2 Å². The molecule has 3 N–H and O–H groups in total. The number of nitrogens with one attached hydrogen (secondary N) is 2. The van der Waals surface area contributed by atoms with Gasteiger partial charge < -0.3 is 9.84 Å². The maximum absolute atomic E-state index is 13.4. The minimum Gasteiger partial charge on any atom is -0.497 e. The molecule has 0 atom stereocenters. The van der Waals surface area contributed by atoms with Crippen molar-refractivity contribution in [3.05, 3.63) is 29.6 Å². The maximum atomic E-state index is 13.4. The summed E-state index contributed by atoms with van der Waals surface area (Å²) in [6, 6.07) is 3.89. The number of methoxy groups -OCH3 is 1. The topological polar surface area (TPSA) is 105 Å². The summed E-state index contributed by atoms with van der Waals surface area (Å²) in [4.78, 5) is 10.2. The zero-order chi connectivity index (χ0) is 14.5. The third kappa shape index (κ3) is 5.20. The second kappa shape index (κ2) is 6.45. The monoisotopic (exact) mass is 292 g/mol. The largest absolute Gasteiger partial charge is 0.497 e. The van der Waals surface area contributed by atoms with Gasteiger partial charge in [-0.3, -0.25) is 4.79 Å². The third-order valence-corrected chi connectivity index (χ3v) is 3.17. The molecule has 0 radical (unpaired) electrons. The van der Waals surface area contributed by atoms with Gasteiger partial charge in [-0.2, -0.15) is 17.9 Å². The van der Waals surface area contributed by atoms with E-state index in [-0.39, 0.29) is 12.1 Å². The summed E-state index contributed by atoms with van der Waals surface area (Å²) >= 11 is 0. The number of aliphatic carboxylic acids is 1. The van der Waals surface area contributed by atoms with Crippen molar-refractivity contribution < 1.29 is 27.4 Å². The van der Waals surface area contributed by atoms with Crippen molar-refractivity contribution in [2.45, 2.75) is 6.54 Å². The van der Waals surface area contributed by atoms with E-state index in [1.807, 2.05) is 4.72 Å². The van der Waals surface area contributed by atoms with E-state index in [1.54, 1.807) is 4.72 Å². The molecule has 0 heterocycles. The molecule has 1 aromatic carbocycles. The fourth-order valence-electron chi connectivity index (χ4n) is 1.19. The number of halogens is 1. The minimum atomic E-state index is -4.00. The van der Waals surface area contributed by atoms with Crippen molar-refractivity contribution in [1.82, 2.24) is 9.44 Å². The normalized spacial score (nSPS) is 11.3. The quantitative estimate of drug-likeness (QED) is 0.648. The number of carbonyl (C=O) groups is 1. The molecule has 1 rings (SSSR count). The van der Waals surface area contributed by atoms with Crippen molar-refractivity contribution in [1.29, 1.82) is 0 Å². The molecule has 19 heavy (non-hydrogen) atoms. The van der Waals surface area contributed by atoms with Crippen LogP contribution in [-0.4, -0.2) is 33.1 Å². The summed E-state index contributed by atoms with van der Waals surface area (Å²) in [7, 11) is -2.60. The molecule has 0 bridgehead atoms. The number of carboxylic acids is 1. The zero-order valence-corrected chi connectivity index (χ0v) is 10.8. The Morgan fingerprint density at radius 2 is 2.11 bits per heavy atom. The number of carboxylic acid groups (broad SMARTS) is 1.